The molecule has 0 fully saturated rings. The van der Waals surface area contributed by atoms with Gasteiger partial charge in [-0.15, -0.1) is 10.2 Å². The van der Waals surface area contributed by atoms with Gasteiger partial charge < -0.3 is 4.42 Å². The Morgan fingerprint density at radius 3 is 2.73 bits per heavy atom. The van der Waals surface area contributed by atoms with E-state index in [1.165, 1.54) is 0 Å². The van der Waals surface area contributed by atoms with Gasteiger partial charge in [0.15, 0.2) is 0 Å². The van der Waals surface area contributed by atoms with Gasteiger partial charge in [0.2, 0.25) is 5.89 Å². The van der Waals surface area contributed by atoms with Crippen LogP contribution in [0, 0.1) is 0 Å². The van der Waals surface area contributed by atoms with Gasteiger partial charge >= 0.3 is 0 Å². The number of aromatic nitrogens is 2. The van der Waals surface area contributed by atoms with E-state index in [0.29, 0.717) is 11.1 Å². The molecule has 1 aromatic heterocycles. The maximum atomic E-state index is 5.51. The summed E-state index contributed by atoms with van der Waals surface area (Å²) in [5.41, 5.74) is 0.966. The quantitative estimate of drug-likeness (QED) is 0.741. The summed E-state index contributed by atoms with van der Waals surface area (Å²) in [4.78, 5) is 0. The molecule has 2 aromatic rings. The van der Waals surface area contributed by atoms with E-state index >= 15 is 0 Å². The highest BCUT2D eigenvalue weighted by Crippen LogP contribution is 2.22. The zero-order valence-electron chi connectivity index (χ0n) is 8.51. The maximum Gasteiger partial charge on any atom is 0.276 e. The van der Waals surface area contributed by atoms with Crippen LogP contribution < -0.4 is 0 Å². The van der Waals surface area contributed by atoms with Crippen molar-refractivity contribution in [2.24, 2.45) is 0 Å². The molecular weight excluding hydrogens is 208 g/mol. The lowest BCUT2D eigenvalue weighted by Crippen LogP contribution is -1.75. The molecule has 4 heteroatoms. The SMILES string of the molecule is CCCSc1nnc(-c2ccccc2)o1. The Morgan fingerprint density at radius 1 is 1.20 bits per heavy atom. The average Bonchev–Trinajstić information content (AvgIpc) is 2.76. The lowest BCUT2D eigenvalue weighted by molar-refractivity contribution is 0.466. The van der Waals surface area contributed by atoms with Crippen molar-refractivity contribution in [3.63, 3.8) is 0 Å². The Hall–Kier alpha value is -1.29. The van der Waals surface area contributed by atoms with E-state index in [1.807, 2.05) is 30.3 Å². The molecule has 78 valence electrons. The van der Waals surface area contributed by atoms with Crippen molar-refractivity contribution in [2.75, 3.05) is 5.75 Å². The van der Waals surface area contributed by atoms with Crippen LogP contribution in [0.2, 0.25) is 0 Å². The van der Waals surface area contributed by atoms with E-state index in [-0.39, 0.29) is 0 Å². The second-order valence-corrected chi connectivity index (χ2v) is 4.13. The molecule has 0 bridgehead atoms. The first-order valence-electron chi connectivity index (χ1n) is 4.92. The van der Waals surface area contributed by atoms with Gasteiger partial charge in [-0.1, -0.05) is 36.9 Å². The Balaban J connectivity index is 2.14. The zero-order chi connectivity index (χ0) is 10.5. The number of hydrogen-bond donors (Lipinski definition) is 0. The summed E-state index contributed by atoms with van der Waals surface area (Å²) in [5.74, 6) is 1.60. The van der Waals surface area contributed by atoms with Gasteiger partial charge in [0, 0.05) is 11.3 Å². The molecule has 0 saturated carbocycles. The van der Waals surface area contributed by atoms with E-state index in [9.17, 15) is 0 Å². The van der Waals surface area contributed by atoms with Crippen molar-refractivity contribution >= 4 is 11.8 Å². The first kappa shape index (κ1) is 10.2. The topological polar surface area (TPSA) is 38.9 Å². The van der Waals surface area contributed by atoms with Crippen molar-refractivity contribution in [2.45, 2.75) is 18.6 Å². The molecule has 0 radical (unpaired) electrons. The third kappa shape index (κ3) is 2.59. The molecular formula is C11H12N2OS. The second kappa shape index (κ2) is 4.98. The molecule has 0 aliphatic rings. The normalized spacial score (nSPS) is 10.5. The van der Waals surface area contributed by atoms with Crippen LogP contribution in [0.15, 0.2) is 40.0 Å². The molecule has 0 aliphatic carbocycles. The first-order valence-corrected chi connectivity index (χ1v) is 5.90. The zero-order valence-corrected chi connectivity index (χ0v) is 9.33. The monoisotopic (exact) mass is 220 g/mol. The van der Waals surface area contributed by atoms with Crippen molar-refractivity contribution in [3.8, 4) is 11.5 Å². The van der Waals surface area contributed by atoms with E-state index in [0.717, 1.165) is 17.7 Å². The van der Waals surface area contributed by atoms with Crippen molar-refractivity contribution in [3.05, 3.63) is 30.3 Å². The van der Waals surface area contributed by atoms with E-state index in [2.05, 4.69) is 17.1 Å². The number of benzene rings is 1. The Kier molecular flexibility index (Phi) is 3.40. The molecule has 0 amide bonds. The van der Waals surface area contributed by atoms with Gasteiger partial charge in [0.1, 0.15) is 0 Å². The molecule has 0 saturated heterocycles. The molecule has 15 heavy (non-hydrogen) atoms. The highest BCUT2D eigenvalue weighted by molar-refractivity contribution is 7.99. The third-order valence-electron chi connectivity index (χ3n) is 1.86. The van der Waals surface area contributed by atoms with Gasteiger partial charge in [-0.2, -0.15) is 0 Å². The summed E-state index contributed by atoms with van der Waals surface area (Å²) in [6.07, 6.45) is 1.10. The molecule has 1 heterocycles. The van der Waals surface area contributed by atoms with E-state index in [4.69, 9.17) is 4.42 Å². The van der Waals surface area contributed by atoms with Crippen molar-refractivity contribution in [1.82, 2.24) is 10.2 Å². The molecule has 0 spiro atoms. The van der Waals surface area contributed by atoms with Crippen LogP contribution in [0.3, 0.4) is 0 Å². The van der Waals surface area contributed by atoms with Crippen molar-refractivity contribution < 1.29 is 4.42 Å². The molecule has 0 atom stereocenters. The lowest BCUT2D eigenvalue weighted by atomic mass is 10.2. The predicted octanol–water partition coefficient (Wildman–Crippen LogP) is 3.24. The second-order valence-electron chi connectivity index (χ2n) is 3.09. The average molecular weight is 220 g/mol. The van der Waals surface area contributed by atoms with Crippen LogP contribution in [0.1, 0.15) is 13.3 Å². The Bertz CT molecular complexity index is 414. The fourth-order valence-electron chi connectivity index (χ4n) is 1.15. The molecule has 0 unspecified atom stereocenters. The molecule has 0 aliphatic heterocycles. The van der Waals surface area contributed by atoms with Crippen molar-refractivity contribution in [1.29, 1.82) is 0 Å². The van der Waals surface area contributed by atoms with Gasteiger partial charge in [-0.3, -0.25) is 0 Å². The fraction of sp³-hybridized carbons (Fsp3) is 0.273. The van der Waals surface area contributed by atoms with E-state index < -0.39 is 0 Å². The van der Waals surface area contributed by atoms with Crippen LogP contribution in [0.5, 0.6) is 0 Å². The molecule has 2 rings (SSSR count). The number of thioether (sulfide) groups is 1. The summed E-state index contributed by atoms with van der Waals surface area (Å²) >= 11 is 1.60. The van der Waals surface area contributed by atoms with Crippen LogP contribution in [0.4, 0.5) is 0 Å². The largest absolute Gasteiger partial charge is 0.411 e. The smallest absolute Gasteiger partial charge is 0.276 e. The first-order chi connectivity index (χ1) is 7.40. The summed E-state index contributed by atoms with van der Waals surface area (Å²) in [6.45, 7) is 2.13. The standard InChI is InChI=1S/C11H12N2OS/c1-2-8-15-11-13-12-10(14-11)9-6-4-3-5-7-9/h3-7H,2,8H2,1H3. The summed E-state index contributed by atoms with van der Waals surface area (Å²) < 4.78 is 5.51. The number of hydrogen-bond acceptors (Lipinski definition) is 4. The minimum atomic E-state index is 0.592. The molecule has 1 aromatic carbocycles. The van der Waals surface area contributed by atoms with Crippen LogP contribution in [0.25, 0.3) is 11.5 Å². The van der Waals surface area contributed by atoms with Gasteiger partial charge in [0.25, 0.3) is 5.22 Å². The lowest BCUT2D eigenvalue weighted by Gasteiger charge is -1.92. The molecule has 3 nitrogen and oxygen atoms in total. The Morgan fingerprint density at radius 2 is 2.00 bits per heavy atom. The summed E-state index contributed by atoms with van der Waals surface area (Å²) in [5, 5.41) is 8.63. The fourth-order valence-corrected chi connectivity index (χ4v) is 1.77. The van der Waals surface area contributed by atoms with E-state index in [1.54, 1.807) is 11.8 Å². The minimum absolute atomic E-state index is 0.592. The highest BCUT2D eigenvalue weighted by atomic mass is 32.2. The van der Waals surface area contributed by atoms with Crippen LogP contribution in [-0.2, 0) is 0 Å². The summed E-state index contributed by atoms with van der Waals surface area (Å²) in [6, 6.07) is 9.80. The van der Waals surface area contributed by atoms with Crippen LogP contribution >= 0.6 is 11.8 Å². The summed E-state index contributed by atoms with van der Waals surface area (Å²) in [7, 11) is 0. The minimum Gasteiger partial charge on any atom is -0.411 e. The van der Waals surface area contributed by atoms with Gasteiger partial charge in [-0.25, -0.2) is 0 Å². The van der Waals surface area contributed by atoms with Gasteiger partial charge in [0.05, 0.1) is 0 Å². The highest BCUT2D eigenvalue weighted by Gasteiger charge is 2.07. The predicted molar refractivity (Wildman–Crippen MR) is 60.7 cm³/mol. The maximum absolute atomic E-state index is 5.51. The third-order valence-corrected chi connectivity index (χ3v) is 2.88. The molecule has 0 N–H and O–H groups in total. The number of nitrogens with zero attached hydrogens (tertiary/aromatic N) is 2. The van der Waals surface area contributed by atoms with Gasteiger partial charge in [-0.05, 0) is 18.6 Å². The van der Waals surface area contributed by atoms with Crippen LogP contribution in [-0.4, -0.2) is 16.0 Å². The number of rotatable bonds is 4. The Labute approximate surface area is 92.9 Å².